The highest BCUT2D eigenvalue weighted by molar-refractivity contribution is 9.10. The van der Waals surface area contributed by atoms with E-state index in [0.29, 0.717) is 12.3 Å². The first-order valence-electron chi connectivity index (χ1n) is 6.05. The van der Waals surface area contributed by atoms with Crippen LogP contribution in [0.5, 0.6) is 0 Å². The third kappa shape index (κ3) is 2.33. The van der Waals surface area contributed by atoms with Crippen LogP contribution in [0.1, 0.15) is 17.5 Å². The molecule has 3 rings (SSSR count). The summed E-state index contributed by atoms with van der Waals surface area (Å²) in [6, 6.07) is 0.146. The van der Waals surface area contributed by atoms with Gasteiger partial charge in [0, 0.05) is 38.1 Å². The van der Waals surface area contributed by atoms with E-state index in [1.165, 1.54) is 4.52 Å². The first kappa shape index (κ1) is 12.5. The van der Waals surface area contributed by atoms with Crippen LogP contribution in [0.4, 0.5) is 0 Å². The number of rotatable bonds is 1. The topological polar surface area (TPSA) is 75.4 Å². The Balaban J connectivity index is 1.92. The Kier molecular flexibility index (Phi) is 3.19. The Morgan fingerprint density at radius 2 is 2.42 bits per heavy atom. The van der Waals surface area contributed by atoms with Gasteiger partial charge in [-0.25, -0.2) is 9.50 Å². The predicted molar refractivity (Wildman–Crippen MR) is 71.9 cm³/mol. The quantitative estimate of drug-likeness (QED) is 0.817. The van der Waals surface area contributed by atoms with E-state index < -0.39 is 0 Å². The van der Waals surface area contributed by atoms with E-state index in [1.807, 2.05) is 6.92 Å². The highest BCUT2D eigenvalue weighted by Gasteiger charge is 2.27. The van der Waals surface area contributed by atoms with Crippen molar-refractivity contribution in [2.75, 3.05) is 19.6 Å². The van der Waals surface area contributed by atoms with Gasteiger partial charge in [-0.3, -0.25) is 4.79 Å². The molecule has 0 radical (unpaired) electrons. The molecule has 1 aliphatic heterocycles. The molecule has 8 heteroatoms. The minimum absolute atomic E-state index is 0.143. The van der Waals surface area contributed by atoms with Crippen LogP contribution < -0.4 is 5.32 Å². The second-order valence-electron chi connectivity index (χ2n) is 4.50. The Morgan fingerprint density at radius 3 is 3.21 bits per heavy atom. The van der Waals surface area contributed by atoms with Gasteiger partial charge in [-0.05, 0) is 22.9 Å². The molecule has 7 nitrogen and oxygen atoms in total. The number of hydrogen-bond acceptors (Lipinski definition) is 5. The molecule has 19 heavy (non-hydrogen) atoms. The van der Waals surface area contributed by atoms with Crippen LogP contribution in [0.25, 0.3) is 5.78 Å². The summed E-state index contributed by atoms with van der Waals surface area (Å²) in [5.74, 6) is 0.476. The Labute approximate surface area is 118 Å². The number of fused-ring (bicyclic) bond motifs is 1. The lowest BCUT2D eigenvalue weighted by Crippen LogP contribution is -2.52. The molecule has 1 fully saturated rings. The largest absolute Gasteiger partial charge is 0.331 e. The summed E-state index contributed by atoms with van der Waals surface area (Å²) < 4.78 is 2.30. The molecule has 2 aromatic heterocycles. The van der Waals surface area contributed by atoms with E-state index >= 15 is 0 Å². The summed E-state index contributed by atoms with van der Waals surface area (Å²) in [4.78, 5) is 22.5. The fourth-order valence-electron chi connectivity index (χ4n) is 2.12. The average molecular weight is 325 g/mol. The van der Waals surface area contributed by atoms with Gasteiger partial charge in [0.2, 0.25) is 5.82 Å². The molecule has 0 spiro atoms. The third-order valence-corrected chi connectivity index (χ3v) is 3.53. The fraction of sp³-hybridized carbons (Fsp3) is 0.455. The van der Waals surface area contributed by atoms with E-state index in [2.05, 4.69) is 36.3 Å². The van der Waals surface area contributed by atoms with Gasteiger partial charge in [0.05, 0.1) is 4.47 Å². The Bertz CT molecular complexity index is 627. The molecule has 0 aliphatic carbocycles. The van der Waals surface area contributed by atoms with E-state index in [1.54, 1.807) is 17.3 Å². The van der Waals surface area contributed by atoms with Crippen molar-refractivity contribution in [3.8, 4) is 0 Å². The number of nitrogens with zero attached hydrogens (tertiary/aromatic N) is 5. The monoisotopic (exact) mass is 324 g/mol. The fourth-order valence-corrected chi connectivity index (χ4v) is 2.42. The second-order valence-corrected chi connectivity index (χ2v) is 5.42. The summed E-state index contributed by atoms with van der Waals surface area (Å²) in [5.41, 5.74) is 0. The molecule has 3 heterocycles. The molecule has 0 unspecified atom stereocenters. The van der Waals surface area contributed by atoms with Crippen molar-refractivity contribution in [3.63, 3.8) is 0 Å². The standard InChI is InChI=1S/C11H13BrN6O/c1-7-4-13-2-3-17(7)10(19)9-15-11-14-5-8(12)6-18(11)16-9/h5-7,13H,2-4H2,1H3/t7-/m0/s1. The van der Waals surface area contributed by atoms with E-state index in [0.717, 1.165) is 17.6 Å². The highest BCUT2D eigenvalue weighted by Crippen LogP contribution is 2.11. The molecule has 1 aliphatic rings. The maximum absolute atomic E-state index is 12.4. The normalized spacial score (nSPS) is 19.9. The van der Waals surface area contributed by atoms with Crippen molar-refractivity contribution in [2.24, 2.45) is 0 Å². The van der Waals surface area contributed by atoms with Crippen LogP contribution >= 0.6 is 15.9 Å². The minimum Gasteiger partial charge on any atom is -0.331 e. The van der Waals surface area contributed by atoms with Crippen molar-refractivity contribution in [3.05, 3.63) is 22.7 Å². The van der Waals surface area contributed by atoms with E-state index in [9.17, 15) is 4.79 Å². The predicted octanol–water partition coefficient (Wildman–Crippen LogP) is 0.321. The first-order chi connectivity index (χ1) is 9.15. The first-order valence-corrected chi connectivity index (χ1v) is 6.84. The summed E-state index contributed by atoms with van der Waals surface area (Å²) in [5, 5.41) is 7.43. The molecule has 1 atom stereocenters. The molecule has 1 saturated heterocycles. The van der Waals surface area contributed by atoms with Crippen molar-refractivity contribution < 1.29 is 4.79 Å². The number of carbonyl (C=O) groups excluding carboxylic acids is 1. The average Bonchev–Trinajstić information content (AvgIpc) is 2.81. The SMILES string of the molecule is C[C@H]1CNCCN1C(=O)c1nc2ncc(Br)cn2n1. The van der Waals surface area contributed by atoms with Gasteiger partial charge < -0.3 is 10.2 Å². The van der Waals surface area contributed by atoms with Crippen molar-refractivity contribution in [2.45, 2.75) is 13.0 Å². The number of aromatic nitrogens is 4. The molecule has 1 amide bonds. The van der Waals surface area contributed by atoms with Crippen molar-refractivity contribution in [1.82, 2.24) is 29.8 Å². The third-order valence-electron chi connectivity index (χ3n) is 3.12. The molecular formula is C11H13BrN6O. The van der Waals surface area contributed by atoms with Crippen molar-refractivity contribution >= 4 is 27.6 Å². The lowest BCUT2D eigenvalue weighted by Gasteiger charge is -2.33. The molecule has 1 N–H and O–H groups in total. The Morgan fingerprint density at radius 1 is 1.58 bits per heavy atom. The maximum atomic E-state index is 12.4. The van der Waals surface area contributed by atoms with Gasteiger partial charge in [0.1, 0.15) is 0 Å². The Hall–Kier alpha value is -1.54. The van der Waals surface area contributed by atoms with Gasteiger partial charge in [-0.1, -0.05) is 0 Å². The van der Waals surface area contributed by atoms with Crippen LogP contribution in [0.15, 0.2) is 16.9 Å². The van der Waals surface area contributed by atoms with Crippen LogP contribution in [-0.2, 0) is 0 Å². The van der Waals surface area contributed by atoms with Crippen LogP contribution in [0.3, 0.4) is 0 Å². The second kappa shape index (κ2) is 4.86. The lowest BCUT2D eigenvalue weighted by molar-refractivity contribution is 0.0643. The van der Waals surface area contributed by atoms with Crippen LogP contribution in [0.2, 0.25) is 0 Å². The summed E-state index contributed by atoms with van der Waals surface area (Å²) in [7, 11) is 0. The van der Waals surface area contributed by atoms with Crippen LogP contribution in [-0.4, -0.2) is 56.1 Å². The zero-order chi connectivity index (χ0) is 13.4. The molecular weight excluding hydrogens is 312 g/mol. The number of amides is 1. The van der Waals surface area contributed by atoms with E-state index in [4.69, 9.17) is 0 Å². The molecule has 0 aromatic carbocycles. The van der Waals surface area contributed by atoms with Gasteiger partial charge in [0.25, 0.3) is 11.7 Å². The number of carbonyl (C=O) groups is 1. The zero-order valence-electron chi connectivity index (χ0n) is 10.4. The zero-order valence-corrected chi connectivity index (χ0v) is 12.0. The molecule has 0 bridgehead atoms. The summed E-state index contributed by atoms with van der Waals surface area (Å²) in [6.07, 6.45) is 3.36. The highest BCUT2D eigenvalue weighted by atomic mass is 79.9. The number of hydrogen-bond donors (Lipinski definition) is 1. The smallest absolute Gasteiger partial charge is 0.293 e. The summed E-state index contributed by atoms with van der Waals surface area (Å²) >= 11 is 3.31. The molecule has 0 saturated carbocycles. The number of halogens is 1. The van der Waals surface area contributed by atoms with Gasteiger partial charge in [0.15, 0.2) is 0 Å². The van der Waals surface area contributed by atoms with Gasteiger partial charge >= 0.3 is 0 Å². The van der Waals surface area contributed by atoms with E-state index in [-0.39, 0.29) is 17.8 Å². The lowest BCUT2D eigenvalue weighted by atomic mass is 10.2. The van der Waals surface area contributed by atoms with Gasteiger partial charge in [-0.15, -0.1) is 5.10 Å². The molecule has 2 aromatic rings. The van der Waals surface area contributed by atoms with Gasteiger partial charge in [-0.2, -0.15) is 4.98 Å². The maximum Gasteiger partial charge on any atom is 0.293 e. The van der Waals surface area contributed by atoms with Crippen molar-refractivity contribution in [1.29, 1.82) is 0 Å². The molecule has 100 valence electrons. The van der Waals surface area contributed by atoms with Crippen LogP contribution in [0, 0.1) is 0 Å². The number of nitrogens with one attached hydrogen (secondary N) is 1. The number of piperazine rings is 1. The summed E-state index contributed by atoms with van der Waals surface area (Å²) in [6.45, 7) is 4.28. The minimum atomic E-state index is -0.143.